The molecular formula is C27H27FN4O2. The van der Waals surface area contributed by atoms with Crippen molar-refractivity contribution in [3.63, 3.8) is 0 Å². The van der Waals surface area contributed by atoms with Crippen molar-refractivity contribution in [2.75, 3.05) is 18.4 Å². The highest BCUT2D eigenvalue weighted by Crippen LogP contribution is 2.34. The molecule has 1 fully saturated rings. The molecule has 0 bridgehead atoms. The van der Waals surface area contributed by atoms with E-state index in [1.54, 1.807) is 12.1 Å². The number of H-pyrrole nitrogens is 1. The number of carbonyl (C=O) groups excluding carboxylic acids is 2. The first-order valence-electron chi connectivity index (χ1n) is 11.5. The van der Waals surface area contributed by atoms with E-state index in [4.69, 9.17) is 0 Å². The van der Waals surface area contributed by atoms with Crippen LogP contribution in [0.25, 0.3) is 11.6 Å². The number of nitrogens with one attached hydrogen (secondary N) is 3. The van der Waals surface area contributed by atoms with Gasteiger partial charge in [-0.05, 0) is 55.7 Å². The van der Waals surface area contributed by atoms with E-state index in [2.05, 4.69) is 32.7 Å². The van der Waals surface area contributed by atoms with E-state index in [-0.39, 0.29) is 17.9 Å². The summed E-state index contributed by atoms with van der Waals surface area (Å²) in [5.74, 6) is -0.814. The fourth-order valence-corrected chi connectivity index (χ4v) is 4.90. The molecule has 7 heteroatoms. The monoisotopic (exact) mass is 458 g/mol. The third-order valence-electron chi connectivity index (χ3n) is 6.61. The van der Waals surface area contributed by atoms with E-state index < -0.39 is 5.82 Å². The average Bonchev–Trinajstić information content (AvgIpc) is 3.45. The van der Waals surface area contributed by atoms with E-state index in [9.17, 15) is 14.0 Å². The summed E-state index contributed by atoms with van der Waals surface area (Å²) in [5, 5.41) is 5.94. The van der Waals surface area contributed by atoms with Crippen molar-refractivity contribution in [3.8, 4) is 0 Å². The summed E-state index contributed by atoms with van der Waals surface area (Å²) in [6.07, 6.45) is 2.59. The van der Waals surface area contributed by atoms with E-state index >= 15 is 0 Å². The molecule has 2 aliphatic rings. The van der Waals surface area contributed by atoms with Crippen LogP contribution in [0, 0.1) is 19.7 Å². The van der Waals surface area contributed by atoms with Crippen LogP contribution >= 0.6 is 0 Å². The Kier molecular flexibility index (Phi) is 5.79. The number of rotatable bonds is 5. The van der Waals surface area contributed by atoms with Gasteiger partial charge in [-0.15, -0.1) is 0 Å². The predicted molar refractivity (Wildman–Crippen MR) is 131 cm³/mol. The number of fused-ring (bicyclic) bond motifs is 1. The number of aryl methyl sites for hydroxylation is 1. The molecule has 174 valence electrons. The van der Waals surface area contributed by atoms with Crippen LogP contribution < -0.4 is 10.6 Å². The molecule has 1 saturated heterocycles. The van der Waals surface area contributed by atoms with Crippen molar-refractivity contribution in [3.05, 3.63) is 88.0 Å². The molecule has 1 unspecified atom stereocenters. The van der Waals surface area contributed by atoms with Gasteiger partial charge in [-0.25, -0.2) is 4.39 Å². The van der Waals surface area contributed by atoms with Gasteiger partial charge in [0.25, 0.3) is 11.8 Å². The van der Waals surface area contributed by atoms with Gasteiger partial charge in [0, 0.05) is 48.3 Å². The van der Waals surface area contributed by atoms with Crippen LogP contribution in [0.3, 0.4) is 0 Å². The molecule has 6 nitrogen and oxygen atoms in total. The third kappa shape index (κ3) is 4.26. The van der Waals surface area contributed by atoms with Crippen LogP contribution in [0.4, 0.5) is 10.1 Å². The molecule has 0 saturated carbocycles. The van der Waals surface area contributed by atoms with Gasteiger partial charge in [0.15, 0.2) is 0 Å². The number of hydrogen-bond donors (Lipinski definition) is 3. The summed E-state index contributed by atoms with van der Waals surface area (Å²) in [7, 11) is 0. The second kappa shape index (κ2) is 8.91. The molecule has 1 atom stereocenters. The number of nitrogens with zero attached hydrogens (tertiary/aromatic N) is 1. The Morgan fingerprint density at radius 1 is 1.21 bits per heavy atom. The van der Waals surface area contributed by atoms with Gasteiger partial charge in [0.05, 0.1) is 11.1 Å². The molecule has 3 heterocycles. The standard InChI is InChI=1S/C27H27FN4O2/c1-16-24(13-22-21-12-19(28)8-9-23(21)31-26(22)33)29-17(2)25(16)27(34)30-20-10-11-32(15-20)14-18-6-4-3-5-7-18/h3-9,12-13,20,29H,10-11,14-15H2,1-2H3,(H,30,34)(H,31,33). The van der Waals surface area contributed by atoms with Crippen molar-refractivity contribution in [1.82, 2.24) is 15.2 Å². The zero-order valence-corrected chi connectivity index (χ0v) is 19.2. The van der Waals surface area contributed by atoms with Crippen LogP contribution in [0.1, 0.15) is 44.9 Å². The van der Waals surface area contributed by atoms with Crippen molar-refractivity contribution >= 4 is 29.2 Å². The summed E-state index contributed by atoms with van der Waals surface area (Å²) in [6, 6.07) is 14.6. The summed E-state index contributed by atoms with van der Waals surface area (Å²) < 4.78 is 13.8. The lowest BCUT2D eigenvalue weighted by Crippen LogP contribution is -2.37. The molecule has 3 aromatic rings. The smallest absolute Gasteiger partial charge is 0.256 e. The van der Waals surface area contributed by atoms with Gasteiger partial charge in [-0.3, -0.25) is 14.5 Å². The van der Waals surface area contributed by atoms with E-state index in [1.165, 1.54) is 17.7 Å². The predicted octanol–water partition coefficient (Wildman–Crippen LogP) is 4.27. The fraction of sp³-hybridized carbons (Fsp3) is 0.259. The molecule has 2 aromatic carbocycles. The second-order valence-corrected chi connectivity index (χ2v) is 9.05. The van der Waals surface area contributed by atoms with E-state index in [0.29, 0.717) is 28.1 Å². The minimum absolute atomic E-state index is 0.0854. The van der Waals surface area contributed by atoms with Gasteiger partial charge in [-0.2, -0.15) is 0 Å². The van der Waals surface area contributed by atoms with Crippen LogP contribution in [-0.2, 0) is 11.3 Å². The minimum atomic E-state index is -0.404. The molecule has 0 radical (unpaired) electrons. The number of anilines is 1. The lowest BCUT2D eigenvalue weighted by Gasteiger charge is -2.17. The van der Waals surface area contributed by atoms with Gasteiger partial charge in [0.1, 0.15) is 5.82 Å². The number of likely N-dealkylation sites (tertiary alicyclic amines) is 1. The van der Waals surface area contributed by atoms with Crippen LogP contribution in [0.15, 0.2) is 48.5 Å². The Balaban J connectivity index is 1.31. The number of carbonyl (C=O) groups is 2. The number of hydrogen-bond acceptors (Lipinski definition) is 3. The molecule has 0 aliphatic carbocycles. The SMILES string of the molecule is Cc1[nH]c(C=C2C(=O)Nc3ccc(F)cc32)c(C)c1C(=O)NC1CCN(Cc2ccccc2)C1. The number of halogens is 1. The normalized spacial score (nSPS) is 18.9. The minimum Gasteiger partial charge on any atom is -0.358 e. The lowest BCUT2D eigenvalue weighted by atomic mass is 10.0. The van der Waals surface area contributed by atoms with E-state index in [0.717, 1.165) is 37.3 Å². The van der Waals surface area contributed by atoms with Crippen LogP contribution in [-0.4, -0.2) is 40.8 Å². The second-order valence-electron chi connectivity index (χ2n) is 9.05. The Morgan fingerprint density at radius 2 is 2.00 bits per heavy atom. The largest absolute Gasteiger partial charge is 0.358 e. The first kappa shape index (κ1) is 22.1. The van der Waals surface area contributed by atoms with Crippen LogP contribution in [0.5, 0.6) is 0 Å². The number of amides is 2. The molecule has 1 aromatic heterocycles. The maximum Gasteiger partial charge on any atom is 0.256 e. The zero-order chi connectivity index (χ0) is 23.8. The number of aromatic nitrogens is 1. The summed E-state index contributed by atoms with van der Waals surface area (Å²) in [5.41, 5.74) is 5.50. The van der Waals surface area contributed by atoms with Crippen molar-refractivity contribution in [2.24, 2.45) is 0 Å². The summed E-state index contributed by atoms with van der Waals surface area (Å²) in [4.78, 5) is 31.2. The first-order chi connectivity index (χ1) is 16.4. The molecule has 3 N–H and O–H groups in total. The van der Waals surface area contributed by atoms with E-state index in [1.807, 2.05) is 32.0 Å². The van der Waals surface area contributed by atoms with Gasteiger partial charge in [-0.1, -0.05) is 30.3 Å². The van der Waals surface area contributed by atoms with Crippen molar-refractivity contribution in [2.45, 2.75) is 32.9 Å². The Hall–Kier alpha value is -3.71. The Labute approximate surface area is 197 Å². The maximum absolute atomic E-state index is 13.8. The first-order valence-corrected chi connectivity index (χ1v) is 11.5. The molecule has 2 amide bonds. The molecular weight excluding hydrogens is 431 g/mol. The van der Waals surface area contributed by atoms with Gasteiger partial charge < -0.3 is 15.6 Å². The zero-order valence-electron chi connectivity index (χ0n) is 19.2. The maximum atomic E-state index is 13.8. The third-order valence-corrected chi connectivity index (χ3v) is 6.61. The Bertz CT molecular complexity index is 1300. The van der Waals surface area contributed by atoms with Crippen molar-refractivity contribution < 1.29 is 14.0 Å². The van der Waals surface area contributed by atoms with Crippen LogP contribution in [0.2, 0.25) is 0 Å². The number of aromatic amines is 1. The molecule has 34 heavy (non-hydrogen) atoms. The molecule has 0 spiro atoms. The highest BCUT2D eigenvalue weighted by atomic mass is 19.1. The topological polar surface area (TPSA) is 77.2 Å². The van der Waals surface area contributed by atoms with Gasteiger partial charge >= 0.3 is 0 Å². The quantitative estimate of drug-likeness (QED) is 0.500. The fourth-order valence-electron chi connectivity index (χ4n) is 4.90. The summed E-state index contributed by atoms with van der Waals surface area (Å²) in [6.45, 7) is 6.33. The Morgan fingerprint density at radius 3 is 2.79 bits per heavy atom. The van der Waals surface area contributed by atoms with Crippen molar-refractivity contribution in [1.29, 1.82) is 0 Å². The molecule has 2 aliphatic heterocycles. The highest BCUT2D eigenvalue weighted by Gasteiger charge is 2.28. The average molecular weight is 459 g/mol. The number of benzene rings is 2. The summed E-state index contributed by atoms with van der Waals surface area (Å²) >= 11 is 0. The van der Waals surface area contributed by atoms with Gasteiger partial charge in [0.2, 0.25) is 0 Å². The highest BCUT2D eigenvalue weighted by molar-refractivity contribution is 6.34. The molecule has 5 rings (SSSR count). The lowest BCUT2D eigenvalue weighted by molar-refractivity contribution is -0.110.